The topological polar surface area (TPSA) is 12.0 Å². The molecule has 0 bridgehead atoms. The third kappa shape index (κ3) is 2.72. The van der Waals surface area contributed by atoms with Gasteiger partial charge in [-0.1, -0.05) is 38.8 Å². The largest absolute Gasteiger partial charge is 0.382 e. The molecule has 1 nitrogen and oxygen atoms in total. The first-order valence-electron chi connectivity index (χ1n) is 5.00. The Morgan fingerprint density at radius 3 is 2.92 bits per heavy atom. The van der Waals surface area contributed by atoms with E-state index in [-0.39, 0.29) is 0 Å². The summed E-state index contributed by atoms with van der Waals surface area (Å²) in [7, 11) is 0. The van der Waals surface area contributed by atoms with Crippen molar-refractivity contribution in [3.63, 3.8) is 0 Å². The Morgan fingerprint density at radius 2 is 2.25 bits per heavy atom. The van der Waals surface area contributed by atoms with Crippen molar-refractivity contribution in [1.29, 1.82) is 0 Å². The zero-order valence-electron chi connectivity index (χ0n) is 8.14. The minimum atomic E-state index is 0.588. The van der Waals surface area contributed by atoms with Gasteiger partial charge < -0.3 is 5.32 Å². The summed E-state index contributed by atoms with van der Waals surface area (Å²) in [6.45, 7) is 4.43. The van der Waals surface area contributed by atoms with Crippen molar-refractivity contribution in [2.45, 2.75) is 45.6 Å². The zero-order valence-corrected chi connectivity index (χ0v) is 8.14. The van der Waals surface area contributed by atoms with Crippen molar-refractivity contribution in [3.8, 4) is 0 Å². The molecule has 0 saturated carbocycles. The number of allylic oxidation sites excluding steroid dienone is 3. The summed E-state index contributed by atoms with van der Waals surface area (Å²) in [4.78, 5) is 0. The van der Waals surface area contributed by atoms with Crippen molar-refractivity contribution in [1.82, 2.24) is 5.32 Å². The standard InChI is InChI=1S/C11H19N/c1-3-5-7-11-9-6-8-10(4-2)12-11/h6,8-9,11-12H,3-5,7H2,1-2H3. The van der Waals surface area contributed by atoms with Crippen LogP contribution in [0.2, 0.25) is 0 Å². The predicted octanol–water partition coefficient (Wildman–Crippen LogP) is 3.00. The van der Waals surface area contributed by atoms with Crippen LogP contribution < -0.4 is 5.32 Å². The Kier molecular flexibility index (Phi) is 3.92. The minimum absolute atomic E-state index is 0.588. The van der Waals surface area contributed by atoms with Crippen LogP contribution in [-0.2, 0) is 0 Å². The van der Waals surface area contributed by atoms with Gasteiger partial charge in [0.1, 0.15) is 0 Å². The summed E-state index contributed by atoms with van der Waals surface area (Å²) in [6.07, 6.45) is 11.6. The summed E-state index contributed by atoms with van der Waals surface area (Å²) in [5.74, 6) is 0. The molecule has 1 rings (SSSR count). The second kappa shape index (κ2) is 5.02. The Labute approximate surface area is 75.6 Å². The number of hydrogen-bond donors (Lipinski definition) is 1. The molecular weight excluding hydrogens is 146 g/mol. The van der Waals surface area contributed by atoms with Gasteiger partial charge >= 0.3 is 0 Å². The highest BCUT2D eigenvalue weighted by atomic mass is 14.9. The molecule has 1 aliphatic heterocycles. The van der Waals surface area contributed by atoms with E-state index in [1.807, 2.05) is 0 Å². The van der Waals surface area contributed by atoms with Crippen LogP contribution in [0.5, 0.6) is 0 Å². The lowest BCUT2D eigenvalue weighted by molar-refractivity contribution is 0.567. The Bertz CT molecular complexity index is 179. The Hall–Kier alpha value is -0.720. The van der Waals surface area contributed by atoms with Crippen LogP contribution in [0.3, 0.4) is 0 Å². The van der Waals surface area contributed by atoms with Gasteiger partial charge in [0, 0.05) is 11.7 Å². The van der Waals surface area contributed by atoms with Gasteiger partial charge in [-0.2, -0.15) is 0 Å². The van der Waals surface area contributed by atoms with E-state index in [1.165, 1.54) is 25.0 Å². The van der Waals surface area contributed by atoms with Gasteiger partial charge in [-0.25, -0.2) is 0 Å². The summed E-state index contributed by atoms with van der Waals surface area (Å²) in [5.41, 5.74) is 1.37. The van der Waals surface area contributed by atoms with Crippen molar-refractivity contribution in [2.24, 2.45) is 0 Å². The van der Waals surface area contributed by atoms with E-state index in [9.17, 15) is 0 Å². The summed E-state index contributed by atoms with van der Waals surface area (Å²) in [5, 5.41) is 3.51. The van der Waals surface area contributed by atoms with Gasteiger partial charge in [-0.05, 0) is 18.9 Å². The lowest BCUT2D eigenvalue weighted by atomic mass is 10.1. The van der Waals surface area contributed by atoms with Crippen LogP contribution in [0.15, 0.2) is 23.9 Å². The predicted molar refractivity (Wildman–Crippen MR) is 54.0 cm³/mol. The number of nitrogens with one attached hydrogen (secondary N) is 1. The molecule has 1 unspecified atom stereocenters. The fourth-order valence-corrected chi connectivity index (χ4v) is 1.45. The molecule has 0 aromatic carbocycles. The van der Waals surface area contributed by atoms with Gasteiger partial charge in [-0.15, -0.1) is 0 Å². The molecule has 1 heteroatoms. The fraction of sp³-hybridized carbons (Fsp3) is 0.636. The van der Waals surface area contributed by atoms with E-state index < -0.39 is 0 Å². The molecule has 68 valence electrons. The number of rotatable bonds is 4. The highest BCUT2D eigenvalue weighted by molar-refractivity contribution is 5.19. The van der Waals surface area contributed by atoms with Crippen LogP contribution in [-0.4, -0.2) is 6.04 Å². The highest BCUT2D eigenvalue weighted by Gasteiger charge is 2.06. The van der Waals surface area contributed by atoms with E-state index in [4.69, 9.17) is 0 Å². The average Bonchev–Trinajstić information content (AvgIpc) is 2.15. The Morgan fingerprint density at radius 1 is 1.42 bits per heavy atom. The smallest absolute Gasteiger partial charge is 0.0444 e. The number of unbranched alkanes of at least 4 members (excludes halogenated alkanes) is 1. The van der Waals surface area contributed by atoms with Crippen molar-refractivity contribution >= 4 is 0 Å². The Balaban J connectivity index is 2.32. The lowest BCUT2D eigenvalue weighted by Gasteiger charge is -2.20. The van der Waals surface area contributed by atoms with Crippen molar-refractivity contribution in [2.75, 3.05) is 0 Å². The molecule has 0 amide bonds. The van der Waals surface area contributed by atoms with E-state index in [1.54, 1.807) is 0 Å². The van der Waals surface area contributed by atoms with Crippen LogP contribution in [0.4, 0.5) is 0 Å². The van der Waals surface area contributed by atoms with E-state index in [2.05, 4.69) is 37.4 Å². The summed E-state index contributed by atoms with van der Waals surface area (Å²) in [6, 6.07) is 0.588. The van der Waals surface area contributed by atoms with Crippen LogP contribution in [0.1, 0.15) is 39.5 Å². The number of hydrogen-bond acceptors (Lipinski definition) is 1. The van der Waals surface area contributed by atoms with E-state index in [0.29, 0.717) is 6.04 Å². The molecule has 0 saturated heterocycles. The molecule has 0 aliphatic carbocycles. The fourth-order valence-electron chi connectivity index (χ4n) is 1.45. The molecular formula is C11H19N. The van der Waals surface area contributed by atoms with Crippen LogP contribution in [0, 0.1) is 0 Å². The number of dihydropyridines is 1. The molecule has 1 N–H and O–H groups in total. The van der Waals surface area contributed by atoms with Crippen molar-refractivity contribution < 1.29 is 0 Å². The second-order valence-electron chi connectivity index (χ2n) is 3.32. The maximum absolute atomic E-state index is 3.51. The van der Waals surface area contributed by atoms with Crippen molar-refractivity contribution in [3.05, 3.63) is 23.9 Å². The molecule has 0 aromatic rings. The normalized spacial score (nSPS) is 21.8. The molecule has 0 aromatic heterocycles. The van der Waals surface area contributed by atoms with Gasteiger partial charge in [-0.3, -0.25) is 0 Å². The first-order chi connectivity index (χ1) is 5.86. The monoisotopic (exact) mass is 165 g/mol. The van der Waals surface area contributed by atoms with Gasteiger partial charge in [0.2, 0.25) is 0 Å². The molecule has 0 fully saturated rings. The SMILES string of the molecule is CCCCC1C=CC=C(CC)N1. The van der Waals surface area contributed by atoms with E-state index >= 15 is 0 Å². The third-order valence-electron chi connectivity index (χ3n) is 2.26. The zero-order chi connectivity index (χ0) is 8.81. The second-order valence-corrected chi connectivity index (χ2v) is 3.32. The van der Waals surface area contributed by atoms with Gasteiger partial charge in [0.15, 0.2) is 0 Å². The van der Waals surface area contributed by atoms with Gasteiger partial charge in [0.25, 0.3) is 0 Å². The third-order valence-corrected chi connectivity index (χ3v) is 2.26. The minimum Gasteiger partial charge on any atom is -0.382 e. The first kappa shape index (κ1) is 9.37. The van der Waals surface area contributed by atoms with E-state index in [0.717, 1.165) is 6.42 Å². The quantitative estimate of drug-likeness (QED) is 0.675. The molecule has 1 heterocycles. The van der Waals surface area contributed by atoms with Crippen LogP contribution >= 0.6 is 0 Å². The maximum atomic E-state index is 3.51. The average molecular weight is 165 g/mol. The highest BCUT2D eigenvalue weighted by Crippen LogP contribution is 2.10. The summed E-state index contributed by atoms with van der Waals surface area (Å²) < 4.78 is 0. The summed E-state index contributed by atoms with van der Waals surface area (Å²) >= 11 is 0. The maximum Gasteiger partial charge on any atom is 0.0444 e. The molecule has 0 radical (unpaired) electrons. The lowest BCUT2D eigenvalue weighted by Crippen LogP contribution is -2.28. The molecule has 1 atom stereocenters. The molecule has 12 heavy (non-hydrogen) atoms. The van der Waals surface area contributed by atoms with Gasteiger partial charge in [0.05, 0.1) is 0 Å². The van der Waals surface area contributed by atoms with Crippen LogP contribution in [0.25, 0.3) is 0 Å². The molecule has 1 aliphatic rings. The first-order valence-corrected chi connectivity index (χ1v) is 5.00. The molecule has 0 spiro atoms.